The number of ether oxygens (including phenoxy) is 1. The molecule has 21 heavy (non-hydrogen) atoms. The lowest BCUT2D eigenvalue weighted by atomic mass is 10.1. The number of carboxylic acids is 1. The first-order valence-corrected chi connectivity index (χ1v) is 6.71. The molecule has 0 aliphatic carbocycles. The number of nitrogens with zero attached hydrogens (tertiary/aromatic N) is 4. The summed E-state index contributed by atoms with van der Waals surface area (Å²) in [5.74, 6) is -0.321. The molecule has 1 heterocycles. The quantitative estimate of drug-likeness (QED) is 0.831. The molecule has 0 saturated heterocycles. The number of hydrogen-bond acceptors (Lipinski definition) is 5. The van der Waals surface area contributed by atoms with Crippen LogP contribution in [0.1, 0.15) is 17.8 Å². The molecule has 1 N–H and O–H groups in total. The molecule has 0 radical (unpaired) electrons. The second-order valence-electron chi connectivity index (χ2n) is 4.50. The van der Waals surface area contributed by atoms with E-state index in [1.807, 2.05) is 18.2 Å². The molecule has 112 valence electrons. The fourth-order valence-electron chi connectivity index (χ4n) is 1.91. The van der Waals surface area contributed by atoms with Gasteiger partial charge < -0.3 is 9.84 Å². The van der Waals surface area contributed by atoms with Gasteiger partial charge in [0.05, 0.1) is 19.1 Å². The molecule has 0 aliphatic heterocycles. The van der Waals surface area contributed by atoms with Crippen molar-refractivity contribution in [3.63, 3.8) is 0 Å². The SMILES string of the molecule is COC(CC(=O)O)Cn1nnnc1Cc1ccccc1Cl. The van der Waals surface area contributed by atoms with E-state index in [0.29, 0.717) is 17.3 Å². The van der Waals surface area contributed by atoms with E-state index in [1.165, 1.54) is 7.11 Å². The lowest BCUT2D eigenvalue weighted by Gasteiger charge is -2.13. The maximum atomic E-state index is 10.8. The van der Waals surface area contributed by atoms with Crippen molar-refractivity contribution in [1.29, 1.82) is 0 Å². The maximum Gasteiger partial charge on any atom is 0.306 e. The molecule has 1 unspecified atom stereocenters. The molecule has 7 nitrogen and oxygen atoms in total. The van der Waals surface area contributed by atoms with Gasteiger partial charge in [0.15, 0.2) is 5.82 Å². The molecular formula is C13H15ClN4O3. The van der Waals surface area contributed by atoms with E-state index in [0.717, 1.165) is 5.56 Å². The van der Waals surface area contributed by atoms with E-state index in [2.05, 4.69) is 15.5 Å². The Kier molecular flexibility index (Phi) is 5.24. The molecule has 0 spiro atoms. The summed E-state index contributed by atoms with van der Waals surface area (Å²) in [6.07, 6.45) is -0.131. The zero-order chi connectivity index (χ0) is 15.2. The van der Waals surface area contributed by atoms with Gasteiger partial charge in [-0.05, 0) is 22.1 Å². The van der Waals surface area contributed by atoms with E-state index in [4.69, 9.17) is 21.4 Å². The monoisotopic (exact) mass is 310 g/mol. The Bertz CT molecular complexity index is 617. The van der Waals surface area contributed by atoms with Crippen LogP contribution in [0.3, 0.4) is 0 Å². The molecule has 2 aromatic rings. The summed E-state index contributed by atoms with van der Waals surface area (Å²) in [5, 5.41) is 20.9. The minimum Gasteiger partial charge on any atom is -0.481 e. The summed E-state index contributed by atoms with van der Waals surface area (Å²) in [4.78, 5) is 10.8. The first-order valence-electron chi connectivity index (χ1n) is 6.33. The second kappa shape index (κ2) is 7.14. The van der Waals surface area contributed by atoms with Crippen LogP contribution in [0.25, 0.3) is 0 Å². The number of benzene rings is 1. The summed E-state index contributed by atoms with van der Waals surface area (Å²) < 4.78 is 6.68. The van der Waals surface area contributed by atoms with Crippen molar-refractivity contribution < 1.29 is 14.6 Å². The number of tetrazole rings is 1. The molecule has 1 aromatic carbocycles. The van der Waals surface area contributed by atoms with E-state index < -0.39 is 12.1 Å². The first kappa shape index (κ1) is 15.4. The van der Waals surface area contributed by atoms with Crippen molar-refractivity contribution >= 4 is 17.6 Å². The third-order valence-electron chi connectivity index (χ3n) is 3.02. The van der Waals surface area contributed by atoms with E-state index in [1.54, 1.807) is 10.7 Å². The van der Waals surface area contributed by atoms with Gasteiger partial charge in [0, 0.05) is 18.6 Å². The number of carboxylic acid groups (broad SMARTS) is 1. The van der Waals surface area contributed by atoms with Gasteiger partial charge in [-0.3, -0.25) is 4.79 Å². The lowest BCUT2D eigenvalue weighted by molar-refractivity contribution is -0.140. The first-order chi connectivity index (χ1) is 10.1. The van der Waals surface area contributed by atoms with Gasteiger partial charge in [-0.1, -0.05) is 29.8 Å². The highest BCUT2D eigenvalue weighted by Gasteiger charge is 2.17. The van der Waals surface area contributed by atoms with Gasteiger partial charge in [-0.15, -0.1) is 5.10 Å². The van der Waals surface area contributed by atoms with Gasteiger partial charge in [-0.2, -0.15) is 0 Å². The van der Waals surface area contributed by atoms with Gasteiger partial charge in [0.1, 0.15) is 0 Å². The molecule has 8 heteroatoms. The fraction of sp³-hybridized carbons (Fsp3) is 0.385. The van der Waals surface area contributed by atoms with Crippen molar-refractivity contribution in [2.45, 2.75) is 25.5 Å². The number of methoxy groups -OCH3 is 1. The summed E-state index contributed by atoms with van der Waals surface area (Å²) in [7, 11) is 1.46. The minimum atomic E-state index is -0.928. The van der Waals surface area contributed by atoms with Crippen LogP contribution in [0.2, 0.25) is 5.02 Å². The average molecular weight is 311 g/mol. The number of aromatic nitrogens is 4. The molecular weight excluding hydrogens is 296 g/mol. The molecule has 0 bridgehead atoms. The smallest absolute Gasteiger partial charge is 0.306 e. The minimum absolute atomic E-state index is 0.109. The standard InChI is InChI=1S/C13H15ClN4O3/c1-21-10(7-13(19)20)8-18-12(15-16-17-18)6-9-4-2-3-5-11(9)14/h2-5,10H,6-8H2,1H3,(H,19,20). The van der Waals surface area contributed by atoms with Crippen molar-refractivity contribution in [1.82, 2.24) is 20.2 Å². The van der Waals surface area contributed by atoms with Crippen LogP contribution >= 0.6 is 11.6 Å². The van der Waals surface area contributed by atoms with Crippen molar-refractivity contribution in [3.8, 4) is 0 Å². The molecule has 0 aliphatic rings. The predicted octanol–water partition coefficient (Wildman–Crippen LogP) is 1.41. The number of halogens is 1. The van der Waals surface area contributed by atoms with Crippen LogP contribution in [-0.2, 0) is 22.5 Å². The highest BCUT2D eigenvalue weighted by atomic mass is 35.5. The van der Waals surface area contributed by atoms with Crippen LogP contribution in [0.4, 0.5) is 0 Å². The van der Waals surface area contributed by atoms with Crippen LogP contribution in [-0.4, -0.2) is 44.5 Å². The predicted molar refractivity (Wildman–Crippen MR) is 75.1 cm³/mol. The topological polar surface area (TPSA) is 90.1 Å². The Morgan fingerprint density at radius 3 is 2.90 bits per heavy atom. The summed E-state index contributed by atoms with van der Waals surface area (Å²) in [5.41, 5.74) is 0.905. The Balaban J connectivity index is 2.11. The van der Waals surface area contributed by atoms with Crippen molar-refractivity contribution in [2.24, 2.45) is 0 Å². The third kappa shape index (κ3) is 4.24. The highest BCUT2D eigenvalue weighted by molar-refractivity contribution is 6.31. The molecule has 1 atom stereocenters. The summed E-state index contributed by atoms with van der Waals surface area (Å²) >= 11 is 6.12. The molecule has 0 saturated carbocycles. The zero-order valence-electron chi connectivity index (χ0n) is 11.4. The van der Waals surface area contributed by atoms with Crippen LogP contribution < -0.4 is 0 Å². The highest BCUT2D eigenvalue weighted by Crippen LogP contribution is 2.18. The van der Waals surface area contributed by atoms with E-state index in [-0.39, 0.29) is 13.0 Å². The summed E-state index contributed by atoms with van der Waals surface area (Å²) in [6, 6.07) is 7.43. The molecule has 1 aromatic heterocycles. The van der Waals surface area contributed by atoms with Crippen molar-refractivity contribution in [3.05, 3.63) is 40.7 Å². The normalized spacial score (nSPS) is 12.3. The Labute approximate surface area is 126 Å². The number of aliphatic carboxylic acids is 1. The van der Waals surface area contributed by atoms with Gasteiger partial charge in [0.25, 0.3) is 0 Å². The second-order valence-corrected chi connectivity index (χ2v) is 4.91. The average Bonchev–Trinajstić information content (AvgIpc) is 2.87. The maximum absolute atomic E-state index is 10.8. The Hall–Kier alpha value is -1.99. The number of hydrogen-bond donors (Lipinski definition) is 1. The van der Waals surface area contributed by atoms with Gasteiger partial charge in [-0.25, -0.2) is 4.68 Å². The zero-order valence-corrected chi connectivity index (χ0v) is 12.2. The molecule has 2 rings (SSSR count). The van der Waals surface area contributed by atoms with Crippen LogP contribution in [0.5, 0.6) is 0 Å². The van der Waals surface area contributed by atoms with E-state index in [9.17, 15) is 4.79 Å². The largest absolute Gasteiger partial charge is 0.481 e. The number of rotatable bonds is 7. The Morgan fingerprint density at radius 1 is 1.48 bits per heavy atom. The Morgan fingerprint density at radius 2 is 2.24 bits per heavy atom. The van der Waals surface area contributed by atoms with Gasteiger partial charge >= 0.3 is 5.97 Å². The van der Waals surface area contributed by atoms with Gasteiger partial charge in [0.2, 0.25) is 0 Å². The number of carbonyl (C=O) groups is 1. The summed E-state index contributed by atoms with van der Waals surface area (Å²) in [6.45, 7) is 0.273. The fourth-order valence-corrected chi connectivity index (χ4v) is 2.12. The van der Waals surface area contributed by atoms with Crippen LogP contribution in [0, 0.1) is 0 Å². The molecule has 0 fully saturated rings. The third-order valence-corrected chi connectivity index (χ3v) is 3.39. The lowest BCUT2D eigenvalue weighted by Crippen LogP contribution is -2.24. The van der Waals surface area contributed by atoms with Crippen LogP contribution in [0.15, 0.2) is 24.3 Å². The molecule has 0 amide bonds. The van der Waals surface area contributed by atoms with Crippen molar-refractivity contribution in [2.75, 3.05) is 7.11 Å². The van der Waals surface area contributed by atoms with E-state index >= 15 is 0 Å².